The fourth-order valence-corrected chi connectivity index (χ4v) is 8.32. The standard InChI is InChI=1S/C39H23N3S/c1-2-10-27-24(9-1)18-21-32-36(27)37-29-12-4-3-11-28(29)35-30-13-5-6-14-33(30)43-39(35)38(37)42(32)26-19-16-25(17-20-26)31-23-41-22-8-7-15-34(41)40-31/h1-23H. The highest BCUT2D eigenvalue weighted by atomic mass is 32.1. The van der Waals surface area contributed by atoms with Gasteiger partial charge in [0.05, 0.1) is 21.4 Å². The van der Waals surface area contributed by atoms with Crippen LogP contribution in [-0.4, -0.2) is 14.0 Å². The number of nitrogens with zero attached hydrogens (tertiary/aromatic N) is 3. The maximum atomic E-state index is 4.87. The van der Waals surface area contributed by atoms with Gasteiger partial charge in [0, 0.05) is 49.9 Å². The Balaban J connectivity index is 1.37. The van der Waals surface area contributed by atoms with Crippen molar-refractivity contribution in [1.82, 2.24) is 14.0 Å². The lowest BCUT2D eigenvalue weighted by Gasteiger charge is -2.11. The number of aromatic nitrogens is 3. The van der Waals surface area contributed by atoms with E-state index in [2.05, 4.69) is 124 Å². The maximum absolute atomic E-state index is 4.87. The van der Waals surface area contributed by atoms with E-state index in [1.54, 1.807) is 0 Å². The molecule has 43 heavy (non-hydrogen) atoms. The molecule has 0 unspecified atom stereocenters. The van der Waals surface area contributed by atoms with Gasteiger partial charge < -0.3 is 8.97 Å². The quantitative estimate of drug-likeness (QED) is 0.204. The SMILES string of the molecule is c1ccc2c(c1)ccc1c2c2c3ccccc3c3c4ccccc4sc3c2n1-c1ccc(-c2cn3ccccc3n2)cc1. The van der Waals surface area contributed by atoms with Gasteiger partial charge in [-0.15, -0.1) is 11.3 Å². The van der Waals surface area contributed by atoms with Gasteiger partial charge in [0.1, 0.15) is 5.65 Å². The first-order chi connectivity index (χ1) is 21.3. The Labute approximate surface area is 250 Å². The third-order valence-electron chi connectivity index (χ3n) is 8.92. The lowest BCUT2D eigenvalue weighted by atomic mass is 9.97. The van der Waals surface area contributed by atoms with Crippen LogP contribution < -0.4 is 0 Å². The summed E-state index contributed by atoms with van der Waals surface area (Å²) in [6, 6.07) is 46.2. The average molecular weight is 566 g/mol. The summed E-state index contributed by atoms with van der Waals surface area (Å²) < 4.78 is 7.22. The smallest absolute Gasteiger partial charge is 0.137 e. The summed E-state index contributed by atoms with van der Waals surface area (Å²) in [6.07, 6.45) is 4.15. The van der Waals surface area contributed by atoms with Crippen molar-refractivity contribution in [2.24, 2.45) is 0 Å². The van der Waals surface area contributed by atoms with Crippen molar-refractivity contribution in [2.45, 2.75) is 0 Å². The van der Waals surface area contributed by atoms with E-state index in [1.807, 2.05) is 35.7 Å². The van der Waals surface area contributed by atoms with E-state index in [0.29, 0.717) is 0 Å². The molecule has 4 heterocycles. The highest BCUT2D eigenvalue weighted by Gasteiger charge is 2.23. The number of rotatable bonds is 2. The van der Waals surface area contributed by atoms with Crippen LogP contribution >= 0.6 is 11.3 Å². The van der Waals surface area contributed by atoms with Crippen molar-refractivity contribution in [3.05, 3.63) is 140 Å². The molecule has 0 aliphatic carbocycles. The van der Waals surface area contributed by atoms with Gasteiger partial charge in [-0.25, -0.2) is 4.98 Å². The summed E-state index contributed by atoms with van der Waals surface area (Å²) in [7, 11) is 0. The average Bonchev–Trinajstić information content (AvgIpc) is 3.77. The zero-order chi connectivity index (χ0) is 28.1. The van der Waals surface area contributed by atoms with Crippen molar-refractivity contribution in [2.75, 3.05) is 0 Å². The molecule has 3 nitrogen and oxygen atoms in total. The van der Waals surface area contributed by atoms with Crippen LogP contribution in [0.15, 0.2) is 140 Å². The second-order valence-electron chi connectivity index (χ2n) is 11.2. The molecule has 0 atom stereocenters. The van der Waals surface area contributed by atoms with Gasteiger partial charge in [-0.2, -0.15) is 0 Å². The summed E-state index contributed by atoms with van der Waals surface area (Å²) >= 11 is 1.90. The van der Waals surface area contributed by atoms with Gasteiger partial charge >= 0.3 is 0 Å². The molecule has 0 radical (unpaired) electrons. The fraction of sp³-hybridized carbons (Fsp3) is 0. The molecular weight excluding hydrogens is 543 g/mol. The predicted molar refractivity (Wildman–Crippen MR) is 183 cm³/mol. The van der Waals surface area contributed by atoms with Crippen molar-refractivity contribution in [1.29, 1.82) is 0 Å². The normalized spacial score (nSPS) is 12.2. The minimum atomic E-state index is 0.954. The summed E-state index contributed by atoms with van der Waals surface area (Å²) in [6.45, 7) is 0. The fourth-order valence-electron chi connectivity index (χ4n) is 7.06. The van der Waals surface area contributed by atoms with Crippen LogP contribution in [0.3, 0.4) is 0 Å². The maximum Gasteiger partial charge on any atom is 0.137 e. The summed E-state index contributed by atoms with van der Waals surface area (Å²) in [5, 5.41) is 10.5. The van der Waals surface area contributed by atoms with Gasteiger partial charge in [0.25, 0.3) is 0 Å². The number of pyridine rings is 1. The Morgan fingerprint density at radius 2 is 1.28 bits per heavy atom. The van der Waals surface area contributed by atoms with Crippen LogP contribution in [-0.2, 0) is 0 Å². The summed E-state index contributed by atoms with van der Waals surface area (Å²) in [5.41, 5.74) is 6.69. The van der Waals surface area contributed by atoms with Crippen LogP contribution in [0.4, 0.5) is 0 Å². The van der Waals surface area contributed by atoms with Gasteiger partial charge in [0.15, 0.2) is 0 Å². The van der Waals surface area contributed by atoms with Crippen molar-refractivity contribution < 1.29 is 0 Å². The Hall–Kier alpha value is -5.45. The van der Waals surface area contributed by atoms with E-state index in [4.69, 9.17) is 4.98 Å². The molecule has 6 aromatic carbocycles. The molecule has 10 aromatic rings. The largest absolute Gasteiger partial charge is 0.308 e. The van der Waals surface area contributed by atoms with E-state index in [9.17, 15) is 0 Å². The van der Waals surface area contributed by atoms with E-state index in [-0.39, 0.29) is 0 Å². The Bertz CT molecular complexity index is 2690. The molecule has 0 N–H and O–H groups in total. The monoisotopic (exact) mass is 565 g/mol. The molecule has 0 saturated carbocycles. The van der Waals surface area contributed by atoms with Crippen molar-refractivity contribution in [3.8, 4) is 16.9 Å². The lowest BCUT2D eigenvalue weighted by molar-refractivity contribution is 1.19. The minimum Gasteiger partial charge on any atom is -0.308 e. The van der Waals surface area contributed by atoms with Crippen LogP contribution in [0.5, 0.6) is 0 Å². The first kappa shape index (κ1) is 23.1. The van der Waals surface area contributed by atoms with Gasteiger partial charge in [-0.3, -0.25) is 0 Å². The van der Waals surface area contributed by atoms with E-state index >= 15 is 0 Å². The van der Waals surface area contributed by atoms with Crippen LogP contribution in [0.2, 0.25) is 0 Å². The number of imidazole rings is 1. The lowest BCUT2D eigenvalue weighted by Crippen LogP contribution is -1.94. The van der Waals surface area contributed by atoms with E-state index in [1.165, 1.54) is 63.5 Å². The minimum absolute atomic E-state index is 0.954. The third-order valence-corrected chi connectivity index (χ3v) is 10.1. The highest BCUT2D eigenvalue weighted by molar-refractivity contribution is 7.27. The molecule has 0 saturated heterocycles. The van der Waals surface area contributed by atoms with Crippen LogP contribution in [0.1, 0.15) is 0 Å². The second kappa shape index (κ2) is 8.54. The van der Waals surface area contributed by atoms with Gasteiger partial charge in [-0.05, 0) is 57.9 Å². The number of hydrogen-bond donors (Lipinski definition) is 0. The van der Waals surface area contributed by atoms with Crippen molar-refractivity contribution in [3.63, 3.8) is 0 Å². The highest BCUT2D eigenvalue weighted by Crippen LogP contribution is 2.49. The molecule has 10 rings (SSSR count). The first-order valence-corrected chi connectivity index (χ1v) is 15.4. The van der Waals surface area contributed by atoms with E-state index in [0.717, 1.165) is 22.6 Å². The predicted octanol–water partition coefficient (Wildman–Crippen LogP) is 10.8. The molecule has 0 bridgehead atoms. The summed E-state index contributed by atoms with van der Waals surface area (Å²) in [4.78, 5) is 4.87. The number of fused-ring (bicyclic) bond motifs is 13. The summed E-state index contributed by atoms with van der Waals surface area (Å²) in [5.74, 6) is 0. The zero-order valence-corrected chi connectivity index (χ0v) is 23.8. The molecule has 4 aromatic heterocycles. The molecule has 0 fully saturated rings. The second-order valence-corrected chi connectivity index (χ2v) is 12.3. The molecule has 0 aliphatic heterocycles. The first-order valence-electron chi connectivity index (χ1n) is 14.6. The molecule has 4 heteroatoms. The Morgan fingerprint density at radius 1 is 0.558 bits per heavy atom. The third kappa shape index (κ3) is 3.16. The van der Waals surface area contributed by atoms with Gasteiger partial charge in [-0.1, -0.05) is 91.0 Å². The number of hydrogen-bond acceptors (Lipinski definition) is 2. The van der Waals surface area contributed by atoms with Crippen LogP contribution in [0.25, 0.3) is 86.1 Å². The number of benzene rings is 6. The number of thiophene rings is 1. The van der Waals surface area contributed by atoms with E-state index < -0.39 is 0 Å². The topological polar surface area (TPSA) is 22.2 Å². The molecular formula is C39H23N3S. The Morgan fingerprint density at radius 3 is 2.12 bits per heavy atom. The molecule has 0 amide bonds. The molecule has 200 valence electrons. The zero-order valence-electron chi connectivity index (χ0n) is 23.0. The van der Waals surface area contributed by atoms with Crippen LogP contribution in [0, 0.1) is 0 Å². The Kier molecular flexibility index (Phi) is 4.60. The molecule has 0 spiro atoms. The molecule has 0 aliphatic rings. The van der Waals surface area contributed by atoms with Gasteiger partial charge in [0.2, 0.25) is 0 Å². The van der Waals surface area contributed by atoms with Crippen molar-refractivity contribution >= 4 is 80.5 Å².